The Bertz CT molecular complexity index is 1010. The molecule has 1 saturated heterocycles. The van der Waals surface area contributed by atoms with Crippen molar-refractivity contribution in [3.05, 3.63) is 47.5 Å². The van der Waals surface area contributed by atoms with Gasteiger partial charge in [-0.2, -0.15) is 0 Å². The number of benzene rings is 1. The summed E-state index contributed by atoms with van der Waals surface area (Å²) in [6.45, 7) is 4.77. The minimum Gasteiger partial charge on any atom is -0.391 e. The second kappa shape index (κ2) is 7.12. The second-order valence-electron chi connectivity index (χ2n) is 7.49. The summed E-state index contributed by atoms with van der Waals surface area (Å²) in [7, 11) is 0. The van der Waals surface area contributed by atoms with E-state index in [0.717, 1.165) is 34.7 Å². The van der Waals surface area contributed by atoms with Gasteiger partial charge in [0.05, 0.1) is 11.7 Å². The fourth-order valence-electron chi connectivity index (χ4n) is 3.19. The van der Waals surface area contributed by atoms with Crippen LogP contribution >= 0.6 is 11.3 Å². The third kappa shape index (κ3) is 3.84. The number of aliphatic hydroxyl groups is 2. The highest BCUT2D eigenvalue weighted by Gasteiger charge is 2.22. The van der Waals surface area contributed by atoms with Crippen molar-refractivity contribution in [2.45, 2.75) is 32.0 Å². The maximum Gasteiger partial charge on any atom is 0.257 e. The number of amides is 1. The van der Waals surface area contributed by atoms with Gasteiger partial charge in [-0.15, -0.1) is 0 Å². The van der Waals surface area contributed by atoms with Crippen molar-refractivity contribution in [2.24, 2.45) is 0 Å². The first-order valence-corrected chi connectivity index (χ1v) is 9.96. The summed E-state index contributed by atoms with van der Waals surface area (Å²) in [4.78, 5) is 24.3. The van der Waals surface area contributed by atoms with E-state index in [0.29, 0.717) is 17.2 Å². The Hall–Kier alpha value is -2.55. The smallest absolute Gasteiger partial charge is 0.257 e. The van der Waals surface area contributed by atoms with Gasteiger partial charge in [0, 0.05) is 18.7 Å². The number of carbonyl (C=O) groups excluding carboxylic acids is 1. The number of hydrogen-bond acceptors (Lipinski definition) is 7. The molecule has 1 unspecified atom stereocenters. The summed E-state index contributed by atoms with van der Waals surface area (Å²) in [5.41, 5.74) is 1.01. The zero-order valence-corrected chi connectivity index (χ0v) is 16.5. The molecular formula is C20H22N4O3S. The standard InChI is InChI=1S/C20H22N4O3S/c1-20(2,27)13-5-3-12(4-6-13)17(26)23-19-21-15-7-8-16(22-18(15)28-19)24-10-9-14(25)11-24/h3-8,14,25,27H,9-11H2,1-2H3,(H,21,23,26). The van der Waals surface area contributed by atoms with E-state index in [1.165, 1.54) is 11.3 Å². The van der Waals surface area contributed by atoms with Crippen molar-refractivity contribution >= 4 is 38.5 Å². The normalized spacial score (nSPS) is 17.3. The van der Waals surface area contributed by atoms with E-state index in [1.54, 1.807) is 38.1 Å². The molecule has 1 aromatic carbocycles. The Labute approximate surface area is 166 Å². The molecule has 1 amide bonds. The van der Waals surface area contributed by atoms with Gasteiger partial charge in [-0.25, -0.2) is 9.97 Å². The number of fused-ring (bicyclic) bond motifs is 1. The zero-order valence-electron chi connectivity index (χ0n) is 15.7. The van der Waals surface area contributed by atoms with Crippen LogP contribution in [-0.4, -0.2) is 45.3 Å². The molecule has 4 rings (SSSR count). The maximum absolute atomic E-state index is 12.5. The molecule has 0 bridgehead atoms. The Morgan fingerprint density at radius 2 is 1.96 bits per heavy atom. The molecule has 146 valence electrons. The van der Waals surface area contributed by atoms with Crippen LogP contribution in [-0.2, 0) is 5.60 Å². The lowest BCUT2D eigenvalue weighted by atomic mass is 9.97. The number of nitrogens with zero attached hydrogens (tertiary/aromatic N) is 3. The molecule has 28 heavy (non-hydrogen) atoms. The predicted octanol–water partition coefficient (Wildman–Crippen LogP) is 2.74. The maximum atomic E-state index is 12.5. The fourth-order valence-corrected chi connectivity index (χ4v) is 4.01. The lowest BCUT2D eigenvalue weighted by molar-refractivity contribution is 0.0785. The molecule has 1 atom stereocenters. The molecule has 0 spiro atoms. The van der Waals surface area contributed by atoms with E-state index in [4.69, 9.17) is 0 Å². The Morgan fingerprint density at radius 3 is 2.61 bits per heavy atom. The molecule has 1 aliphatic rings. The monoisotopic (exact) mass is 398 g/mol. The summed E-state index contributed by atoms with van der Waals surface area (Å²) < 4.78 is 0. The number of thiazole rings is 1. The number of carbonyl (C=O) groups is 1. The zero-order chi connectivity index (χ0) is 19.9. The Kier molecular flexibility index (Phi) is 4.78. The number of pyridine rings is 1. The van der Waals surface area contributed by atoms with Crippen molar-refractivity contribution in [1.29, 1.82) is 0 Å². The highest BCUT2D eigenvalue weighted by Crippen LogP contribution is 2.28. The lowest BCUT2D eigenvalue weighted by Crippen LogP contribution is -2.21. The molecule has 3 N–H and O–H groups in total. The third-order valence-corrected chi connectivity index (χ3v) is 5.68. The van der Waals surface area contributed by atoms with Crippen LogP contribution in [0.25, 0.3) is 10.3 Å². The SMILES string of the molecule is CC(C)(O)c1ccc(C(=O)Nc2nc3ccc(N4CCC(O)C4)nc3s2)cc1. The van der Waals surface area contributed by atoms with Crippen molar-refractivity contribution in [2.75, 3.05) is 23.3 Å². The molecular weight excluding hydrogens is 376 g/mol. The van der Waals surface area contributed by atoms with Crippen LogP contribution in [0.4, 0.5) is 10.9 Å². The number of hydrogen-bond donors (Lipinski definition) is 3. The Morgan fingerprint density at radius 1 is 1.21 bits per heavy atom. The number of anilines is 2. The van der Waals surface area contributed by atoms with Crippen molar-refractivity contribution in [3.8, 4) is 0 Å². The van der Waals surface area contributed by atoms with Crippen molar-refractivity contribution in [1.82, 2.24) is 9.97 Å². The van der Waals surface area contributed by atoms with Crippen LogP contribution in [0.15, 0.2) is 36.4 Å². The number of β-amino-alcohol motifs (C(OH)–C–C–N with tert-alkyl or cyclic N) is 1. The first-order chi connectivity index (χ1) is 13.3. The molecule has 3 aromatic rings. The highest BCUT2D eigenvalue weighted by molar-refractivity contribution is 7.22. The van der Waals surface area contributed by atoms with E-state index in [9.17, 15) is 15.0 Å². The van der Waals surface area contributed by atoms with Crippen LogP contribution in [0.5, 0.6) is 0 Å². The van der Waals surface area contributed by atoms with Crippen LogP contribution in [0.3, 0.4) is 0 Å². The molecule has 8 heteroatoms. The third-order valence-electron chi connectivity index (χ3n) is 4.80. The predicted molar refractivity (Wildman–Crippen MR) is 110 cm³/mol. The molecule has 2 aromatic heterocycles. The van der Waals surface area contributed by atoms with E-state index >= 15 is 0 Å². The van der Waals surface area contributed by atoms with Gasteiger partial charge in [0.15, 0.2) is 5.13 Å². The number of aromatic nitrogens is 2. The lowest BCUT2D eigenvalue weighted by Gasteiger charge is -2.17. The van der Waals surface area contributed by atoms with Crippen LogP contribution in [0.2, 0.25) is 0 Å². The molecule has 3 heterocycles. The van der Waals surface area contributed by atoms with Gasteiger partial charge in [-0.1, -0.05) is 23.5 Å². The van der Waals surface area contributed by atoms with Crippen molar-refractivity contribution in [3.63, 3.8) is 0 Å². The number of rotatable bonds is 4. The fraction of sp³-hybridized carbons (Fsp3) is 0.350. The summed E-state index contributed by atoms with van der Waals surface area (Å²) >= 11 is 1.32. The minimum atomic E-state index is -0.948. The summed E-state index contributed by atoms with van der Waals surface area (Å²) in [6, 6.07) is 10.6. The van der Waals surface area contributed by atoms with E-state index in [-0.39, 0.29) is 12.0 Å². The molecule has 1 fully saturated rings. The van der Waals surface area contributed by atoms with Gasteiger partial charge in [0.1, 0.15) is 16.2 Å². The first-order valence-electron chi connectivity index (χ1n) is 9.14. The van der Waals surface area contributed by atoms with Gasteiger partial charge in [0.2, 0.25) is 0 Å². The van der Waals surface area contributed by atoms with Gasteiger partial charge >= 0.3 is 0 Å². The van der Waals surface area contributed by atoms with E-state index in [1.807, 2.05) is 17.0 Å². The van der Waals surface area contributed by atoms with Crippen LogP contribution < -0.4 is 10.2 Å². The molecule has 0 radical (unpaired) electrons. The van der Waals surface area contributed by atoms with Gasteiger partial charge in [-0.05, 0) is 50.1 Å². The van der Waals surface area contributed by atoms with Gasteiger partial charge in [-0.3, -0.25) is 10.1 Å². The van der Waals surface area contributed by atoms with Crippen molar-refractivity contribution < 1.29 is 15.0 Å². The molecule has 0 saturated carbocycles. The average molecular weight is 398 g/mol. The highest BCUT2D eigenvalue weighted by atomic mass is 32.1. The topological polar surface area (TPSA) is 98.6 Å². The van der Waals surface area contributed by atoms with Gasteiger partial charge < -0.3 is 15.1 Å². The second-order valence-corrected chi connectivity index (χ2v) is 8.47. The molecule has 7 nitrogen and oxygen atoms in total. The Balaban J connectivity index is 1.50. The molecule has 0 aliphatic carbocycles. The van der Waals surface area contributed by atoms with Crippen LogP contribution in [0, 0.1) is 0 Å². The number of nitrogens with one attached hydrogen (secondary N) is 1. The largest absolute Gasteiger partial charge is 0.391 e. The quantitative estimate of drug-likeness (QED) is 0.625. The number of aliphatic hydroxyl groups excluding tert-OH is 1. The summed E-state index contributed by atoms with van der Waals surface area (Å²) in [5, 5.41) is 23.0. The summed E-state index contributed by atoms with van der Waals surface area (Å²) in [6.07, 6.45) is 0.437. The summed E-state index contributed by atoms with van der Waals surface area (Å²) in [5.74, 6) is 0.553. The molecule has 1 aliphatic heterocycles. The van der Waals surface area contributed by atoms with E-state index < -0.39 is 5.60 Å². The van der Waals surface area contributed by atoms with Gasteiger partial charge in [0.25, 0.3) is 5.91 Å². The van der Waals surface area contributed by atoms with E-state index in [2.05, 4.69) is 15.3 Å². The average Bonchev–Trinajstić information content (AvgIpc) is 3.26. The van der Waals surface area contributed by atoms with Crippen LogP contribution in [0.1, 0.15) is 36.2 Å². The first kappa shape index (κ1) is 18.8. The minimum absolute atomic E-state index is 0.260.